The molecule has 0 fully saturated rings. The highest BCUT2D eigenvalue weighted by atomic mass is 19.1. The summed E-state index contributed by atoms with van der Waals surface area (Å²) in [6.07, 6.45) is 17.6. The Morgan fingerprint density at radius 1 is 0.864 bits per heavy atom. The SMILES string of the molecule is C1=CC=CNC=C1.CC1(C)CC(C(=O)c2ccc(F)cc2)C=c2c1ccc1c2=CCc2ccc(OCc3ccccc3)cc2-1. The van der Waals surface area contributed by atoms with Crippen molar-refractivity contribution in [2.45, 2.75) is 38.7 Å². The number of allylic oxidation sites excluding steroid dienone is 4. The number of rotatable bonds is 5. The number of benzene rings is 4. The molecule has 0 bridgehead atoms. The molecule has 0 spiro atoms. The van der Waals surface area contributed by atoms with Gasteiger partial charge < -0.3 is 10.1 Å². The van der Waals surface area contributed by atoms with E-state index in [4.69, 9.17) is 4.74 Å². The molecule has 3 aliphatic rings. The van der Waals surface area contributed by atoms with Gasteiger partial charge in [-0.15, -0.1) is 0 Å². The summed E-state index contributed by atoms with van der Waals surface area (Å²) in [4.78, 5) is 13.4. The molecule has 2 aliphatic carbocycles. The highest BCUT2D eigenvalue weighted by molar-refractivity contribution is 6.01. The lowest BCUT2D eigenvalue weighted by Crippen LogP contribution is -2.43. The third kappa shape index (κ3) is 6.35. The number of hydrogen-bond acceptors (Lipinski definition) is 3. The maximum Gasteiger partial charge on any atom is 0.169 e. The van der Waals surface area contributed by atoms with Crippen LogP contribution in [0, 0.1) is 11.7 Å². The van der Waals surface area contributed by atoms with Gasteiger partial charge in [-0.25, -0.2) is 4.39 Å². The molecule has 0 saturated carbocycles. The van der Waals surface area contributed by atoms with Gasteiger partial charge in [-0.1, -0.05) is 86.7 Å². The van der Waals surface area contributed by atoms with E-state index in [-0.39, 0.29) is 22.9 Å². The number of nitrogens with one attached hydrogen (secondary N) is 1. The van der Waals surface area contributed by atoms with E-state index >= 15 is 0 Å². The summed E-state index contributed by atoms with van der Waals surface area (Å²) >= 11 is 0. The Morgan fingerprint density at radius 2 is 1.61 bits per heavy atom. The molecule has 7 rings (SSSR count). The third-order valence-corrected chi connectivity index (χ3v) is 8.44. The number of ketones is 1. The van der Waals surface area contributed by atoms with Crippen molar-refractivity contribution in [3.63, 3.8) is 0 Å². The largest absolute Gasteiger partial charge is 0.489 e. The summed E-state index contributed by atoms with van der Waals surface area (Å²) in [5.74, 6) is 0.310. The number of Topliss-reactive ketones (excluding diaryl/α,β-unsaturated/α-hetero) is 1. The van der Waals surface area contributed by atoms with Crippen molar-refractivity contribution in [1.29, 1.82) is 0 Å². The van der Waals surface area contributed by atoms with Gasteiger partial charge in [0, 0.05) is 23.9 Å². The summed E-state index contributed by atoms with van der Waals surface area (Å²) in [5.41, 5.74) is 6.43. The Morgan fingerprint density at radius 3 is 2.36 bits per heavy atom. The quantitative estimate of drug-likeness (QED) is 0.248. The highest BCUT2D eigenvalue weighted by Gasteiger charge is 2.34. The smallest absolute Gasteiger partial charge is 0.169 e. The van der Waals surface area contributed by atoms with Crippen LogP contribution in [0.25, 0.3) is 23.3 Å². The number of fused-ring (bicyclic) bond motifs is 5. The zero-order valence-electron chi connectivity index (χ0n) is 25.1. The van der Waals surface area contributed by atoms with Crippen LogP contribution in [-0.2, 0) is 18.4 Å². The second-order valence-electron chi connectivity index (χ2n) is 12.0. The highest BCUT2D eigenvalue weighted by Crippen LogP contribution is 2.36. The van der Waals surface area contributed by atoms with Crippen LogP contribution in [0.15, 0.2) is 122 Å². The number of carbonyl (C=O) groups excluding carboxylic acids is 1. The summed E-state index contributed by atoms with van der Waals surface area (Å²) in [7, 11) is 0. The Labute approximate surface area is 258 Å². The van der Waals surface area contributed by atoms with Crippen molar-refractivity contribution in [2.24, 2.45) is 5.92 Å². The minimum Gasteiger partial charge on any atom is -0.489 e. The normalized spacial score (nSPS) is 16.8. The first-order valence-corrected chi connectivity index (χ1v) is 15.1. The molecule has 1 unspecified atom stereocenters. The van der Waals surface area contributed by atoms with Crippen molar-refractivity contribution in [3.05, 3.63) is 160 Å². The first kappa shape index (κ1) is 29.1. The molecule has 4 aromatic carbocycles. The summed E-state index contributed by atoms with van der Waals surface area (Å²) in [5, 5.41) is 5.26. The molecular formula is C40H36FNO2. The maximum atomic E-state index is 13.5. The van der Waals surface area contributed by atoms with E-state index in [2.05, 4.69) is 67.7 Å². The molecule has 1 atom stereocenters. The molecule has 1 heterocycles. The maximum absolute atomic E-state index is 13.5. The molecular weight excluding hydrogens is 545 g/mol. The Balaban J connectivity index is 0.000000433. The van der Waals surface area contributed by atoms with Crippen LogP contribution in [0.5, 0.6) is 5.75 Å². The topological polar surface area (TPSA) is 38.3 Å². The molecule has 3 nitrogen and oxygen atoms in total. The van der Waals surface area contributed by atoms with E-state index in [0.29, 0.717) is 12.2 Å². The van der Waals surface area contributed by atoms with E-state index < -0.39 is 0 Å². The second-order valence-corrected chi connectivity index (χ2v) is 12.0. The first-order chi connectivity index (χ1) is 21.4. The first-order valence-electron chi connectivity index (χ1n) is 15.1. The molecule has 0 amide bonds. The van der Waals surface area contributed by atoms with Gasteiger partial charge in [0.25, 0.3) is 0 Å². The number of halogens is 1. The minimum absolute atomic E-state index is 0.0455. The van der Waals surface area contributed by atoms with Gasteiger partial charge in [0.15, 0.2) is 5.78 Å². The number of ether oxygens (including phenoxy) is 1. The van der Waals surface area contributed by atoms with Crippen LogP contribution >= 0.6 is 0 Å². The minimum atomic E-state index is -0.329. The molecule has 0 saturated heterocycles. The Bertz CT molecular complexity index is 1870. The standard InChI is InChI=1S/C34H29FO2.C6H7N/c1-34(2)20-25(33(36)24-8-12-26(35)13-9-24)18-31-29-15-11-23-10-14-27(37-21-22-6-4-3-5-7-22)19-30(23)28(29)16-17-32(31)34;1-2-4-6-7-5-3-1/h3-10,12-19,25H,11,20-21H2,1-2H3;1-7H. The second kappa shape index (κ2) is 12.7. The molecule has 0 aromatic heterocycles. The van der Waals surface area contributed by atoms with E-state index in [0.717, 1.165) is 29.4 Å². The van der Waals surface area contributed by atoms with Crippen molar-refractivity contribution in [3.8, 4) is 16.9 Å². The fourth-order valence-corrected chi connectivity index (χ4v) is 6.21. The molecule has 4 aromatic rings. The fourth-order valence-electron chi connectivity index (χ4n) is 6.21. The van der Waals surface area contributed by atoms with Gasteiger partial charge in [0.1, 0.15) is 18.2 Å². The average molecular weight is 582 g/mol. The van der Waals surface area contributed by atoms with Crippen LogP contribution in [0.3, 0.4) is 0 Å². The van der Waals surface area contributed by atoms with Gasteiger partial charge in [0.05, 0.1) is 0 Å². The van der Waals surface area contributed by atoms with Gasteiger partial charge >= 0.3 is 0 Å². The van der Waals surface area contributed by atoms with Crippen molar-refractivity contribution in [2.75, 3.05) is 0 Å². The molecule has 4 heteroatoms. The van der Waals surface area contributed by atoms with Gasteiger partial charge in [-0.05, 0) is 105 Å². The van der Waals surface area contributed by atoms with Crippen LogP contribution < -0.4 is 20.5 Å². The third-order valence-electron chi connectivity index (χ3n) is 8.44. The fraction of sp³-hybridized carbons (Fsp3) is 0.175. The van der Waals surface area contributed by atoms with Gasteiger partial charge in [-0.3, -0.25) is 4.79 Å². The molecule has 0 radical (unpaired) electrons. The van der Waals surface area contributed by atoms with Crippen LogP contribution in [0.2, 0.25) is 0 Å². The predicted octanol–water partition coefficient (Wildman–Crippen LogP) is 7.54. The van der Waals surface area contributed by atoms with Crippen molar-refractivity contribution < 1.29 is 13.9 Å². The molecule has 1 aliphatic heterocycles. The van der Waals surface area contributed by atoms with E-state index in [9.17, 15) is 9.18 Å². The van der Waals surface area contributed by atoms with E-state index in [1.165, 1.54) is 39.6 Å². The Hall–Kier alpha value is -4.96. The lowest BCUT2D eigenvalue weighted by Gasteiger charge is -2.34. The average Bonchev–Trinajstić information content (AvgIpc) is 3.37. The Kier molecular flexibility index (Phi) is 8.42. The molecule has 44 heavy (non-hydrogen) atoms. The predicted molar refractivity (Wildman–Crippen MR) is 177 cm³/mol. The van der Waals surface area contributed by atoms with E-state index in [1.807, 2.05) is 61.0 Å². The molecule has 220 valence electrons. The zero-order chi connectivity index (χ0) is 30.5. The van der Waals surface area contributed by atoms with Crippen molar-refractivity contribution >= 4 is 17.9 Å². The van der Waals surface area contributed by atoms with Gasteiger partial charge in [0.2, 0.25) is 0 Å². The summed E-state index contributed by atoms with van der Waals surface area (Å²) < 4.78 is 19.6. The monoisotopic (exact) mass is 581 g/mol. The van der Waals surface area contributed by atoms with Gasteiger partial charge in [-0.2, -0.15) is 0 Å². The summed E-state index contributed by atoms with van der Waals surface area (Å²) in [6.45, 7) is 4.95. The van der Waals surface area contributed by atoms with Crippen LogP contribution in [0.1, 0.15) is 47.3 Å². The number of carbonyl (C=O) groups is 1. The lowest BCUT2D eigenvalue weighted by molar-refractivity contribution is 0.0933. The zero-order valence-corrected chi connectivity index (χ0v) is 25.1. The van der Waals surface area contributed by atoms with Crippen molar-refractivity contribution in [1.82, 2.24) is 5.32 Å². The van der Waals surface area contributed by atoms with E-state index in [1.54, 1.807) is 12.1 Å². The molecule has 1 N–H and O–H groups in total. The number of hydrogen-bond donors (Lipinski definition) is 1. The summed E-state index contributed by atoms with van der Waals surface area (Å²) in [6, 6.07) is 26.9. The van der Waals surface area contributed by atoms with Crippen LogP contribution in [0.4, 0.5) is 4.39 Å². The van der Waals surface area contributed by atoms with Crippen LogP contribution in [-0.4, -0.2) is 5.78 Å². The lowest BCUT2D eigenvalue weighted by atomic mass is 9.69.